The topological polar surface area (TPSA) is 29.1 Å². The highest BCUT2D eigenvalue weighted by atomic mass is 35.5. The molecule has 0 aliphatic rings. The van der Waals surface area contributed by atoms with E-state index in [0.29, 0.717) is 11.6 Å². The van der Waals surface area contributed by atoms with Crippen molar-refractivity contribution in [3.63, 3.8) is 0 Å². The predicted molar refractivity (Wildman–Crippen MR) is 77.3 cm³/mol. The van der Waals surface area contributed by atoms with Crippen molar-refractivity contribution in [1.29, 1.82) is 0 Å². The van der Waals surface area contributed by atoms with E-state index < -0.39 is 0 Å². The molecule has 18 heavy (non-hydrogen) atoms. The third kappa shape index (κ3) is 5.30. The molecule has 1 rings (SSSR count). The maximum absolute atomic E-state index is 11.6. The largest absolute Gasteiger partial charge is 0.356 e. The molecule has 2 nitrogen and oxygen atoms in total. The number of hydrogen-bond acceptors (Lipinski definition) is 1. The molecule has 1 aromatic rings. The molecule has 1 N–H and O–H groups in total. The van der Waals surface area contributed by atoms with Crippen molar-refractivity contribution in [2.45, 2.75) is 19.3 Å². The summed E-state index contributed by atoms with van der Waals surface area (Å²) in [6, 6.07) is 7.31. The van der Waals surface area contributed by atoms with Crippen LogP contribution in [-0.2, 0) is 4.79 Å². The Morgan fingerprint density at radius 2 is 2.17 bits per heavy atom. The van der Waals surface area contributed by atoms with Crippen molar-refractivity contribution in [3.05, 3.63) is 45.4 Å². The molecule has 0 saturated carbocycles. The van der Waals surface area contributed by atoms with Crippen LogP contribution in [0.4, 0.5) is 0 Å². The Hall–Kier alpha value is -0.700. The molecule has 1 amide bonds. The van der Waals surface area contributed by atoms with E-state index in [-0.39, 0.29) is 22.7 Å². The molecule has 0 aromatic heterocycles. The van der Waals surface area contributed by atoms with Gasteiger partial charge in [0.2, 0.25) is 5.91 Å². The van der Waals surface area contributed by atoms with Crippen molar-refractivity contribution in [2.75, 3.05) is 6.54 Å². The van der Waals surface area contributed by atoms with Crippen LogP contribution in [-0.4, -0.2) is 12.5 Å². The van der Waals surface area contributed by atoms with Crippen LogP contribution in [0, 0.1) is 0 Å². The van der Waals surface area contributed by atoms with Gasteiger partial charge in [0.25, 0.3) is 0 Å². The highest BCUT2D eigenvalue weighted by Gasteiger charge is 2.14. The van der Waals surface area contributed by atoms with E-state index in [1.54, 1.807) is 18.2 Å². The monoisotopic (exact) mass is 305 g/mol. The molecule has 0 radical (unpaired) electrons. The van der Waals surface area contributed by atoms with Crippen LogP contribution >= 0.6 is 34.8 Å². The first-order valence-corrected chi connectivity index (χ1v) is 6.71. The van der Waals surface area contributed by atoms with Gasteiger partial charge in [0, 0.05) is 23.9 Å². The number of carbonyl (C=O) groups excluding carboxylic acids is 1. The van der Waals surface area contributed by atoms with Crippen LogP contribution in [0.1, 0.15) is 24.8 Å². The van der Waals surface area contributed by atoms with Gasteiger partial charge in [-0.2, -0.15) is 0 Å². The molecule has 1 aromatic carbocycles. The summed E-state index contributed by atoms with van der Waals surface area (Å²) in [7, 11) is 0. The van der Waals surface area contributed by atoms with E-state index in [1.807, 2.05) is 19.1 Å². The van der Waals surface area contributed by atoms with Gasteiger partial charge in [0.1, 0.15) is 4.49 Å². The van der Waals surface area contributed by atoms with Gasteiger partial charge in [-0.15, -0.1) is 0 Å². The Bertz CT molecular complexity index is 442. The number of carbonyl (C=O) groups is 1. The van der Waals surface area contributed by atoms with Crippen molar-refractivity contribution >= 4 is 40.7 Å². The Morgan fingerprint density at radius 3 is 2.72 bits per heavy atom. The van der Waals surface area contributed by atoms with E-state index in [9.17, 15) is 4.79 Å². The maximum Gasteiger partial charge on any atom is 0.220 e. The van der Waals surface area contributed by atoms with E-state index >= 15 is 0 Å². The molecule has 0 fully saturated rings. The summed E-state index contributed by atoms with van der Waals surface area (Å²) in [5.74, 6) is -0.228. The Morgan fingerprint density at radius 1 is 1.44 bits per heavy atom. The average Bonchev–Trinajstić information content (AvgIpc) is 2.28. The zero-order valence-corrected chi connectivity index (χ0v) is 12.2. The summed E-state index contributed by atoms with van der Waals surface area (Å²) in [6.07, 6.45) is 1.93. The number of nitrogens with one attached hydrogen (secondary N) is 1. The van der Waals surface area contributed by atoms with Crippen LogP contribution in [0.2, 0.25) is 5.02 Å². The van der Waals surface area contributed by atoms with Crippen LogP contribution in [0.3, 0.4) is 0 Å². The van der Waals surface area contributed by atoms with Gasteiger partial charge in [-0.3, -0.25) is 4.79 Å². The molecule has 98 valence electrons. The van der Waals surface area contributed by atoms with Crippen LogP contribution in [0.15, 0.2) is 34.8 Å². The highest BCUT2D eigenvalue weighted by Crippen LogP contribution is 2.27. The van der Waals surface area contributed by atoms with Gasteiger partial charge in [-0.05, 0) is 30.7 Å². The predicted octanol–water partition coefficient (Wildman–Crippen LogP) is 4.27. The van der Waals surface area contributed by atoms with Crippen molar-refractivity contribution in [2.24, 2.45) is 0 Å². The molecular formula is C13H14Cl3NO. The third-order valence-electron chi connectivity index (χ3n) is 2.38. The normalized spacial score (nSPS) is 11.8. The summed E-state index contributed by atoms with van der Waals surface area (Å²) in [5.41, 5.74) is 0.910. The number of hydrogen-bond donors (Lipinski definition) is 1. The average molecular weight is 307 g/mol. The number of rotatable bonds is 5. The first-order valence-electron chi connectivity index (χ1n) is 5.58. The van der Waals surface area contributed by atoms with Gasteiger partial charge in [0.15, 0.2) is 0 Å². The highest BCUT2D eigenvalue weighted by molar-refractivity contribution is 6.55. The zero-order chi connectivity index (χ0) is 13.5. The molecule has 0 aliphatic heterocycles. The molecule has 0 heterocycles. The standard InChI is InChI=1S/C13H14Cl3NO/c1-2-17-13(18)8-10(7-12(15)16)9-4-3-5-11(14)6-9/h3-7,10H,2,8H2,1H3,(H,17,18)/t10-/m0/s1. The Labute approximate surface area is 122 Å². The number of amides is 1. The van der Waals surface area contributed by atoms with Gasteiger partial charge in [-0.1, -0.05) is 46.9 Å². The number of allylic oxidation sites excluding steroid dienone is 1. The van der Waals surface area contributed by atoms with E-state index in [2.05, 4.69) is 5.32 Å². The lowest BCUT2D eigenvalue weighted by Crippen LogP contribution is -2.24. The van der Waals surface area contributed by atoms with Gasteiger partial charge < -0.3 is 5.32 Å². The van der Waals surface area contributed by atoms with Crippen LogP contribution in [0.5, 0.6) is 0 Å². The van der Waals surface area contributed by atoms with E-state index in [1.165, 1.54) is 0 Å². The summed E-state index contributed by atoms with van der Waals surface area (Å²) < 4.78 is 0.143. The minimum absolute atomic E-state index is 0.0479. The van der Waals surface area contributed by atoms with E-state index in [4.69, 9.17) is 34.8 Å². The summed E-state index contributed by atoms with van der Waals surface area (Å²) in [4.78, 5) is 11.6. The third-order valence-corrected chi connectivity index (χ3v) is 2.87. The fraction of sp³-hybridized carbons (Fsp3) is 0.308. The number of halogens is 3. The lowest BCUT2D eigenvalue weighted by Gasteiger charge is -2.13. The minimum atomic E-state index is -0.180. The molecule has 1 atom stereocenters. The van der Waals surface area contributed by atoms with Crippen LogP contribution in [0.25, 0.3) is 0 Å². The van der Waals surface area contributed by atoms with Crippen molar-refractivity contribution in [1.82, 2.24) is 5.32 Å². The van der Waals surface area contributed by atoms with Gasteiger partial charge >= 0.3 is 0 Å². The molecule has 0 spiro atoms. The number of benzene rings is 1. The van der Waals surface area contributed by atoms with Crippen molar-refractivity contribution in [3.8, 4) is 0 Å². The fourth-order valence-corrected chi connectivity index (χ4v) is 2.13. The maximum atomic E-state index is 11.6. The summed E-state index contributed by atoms with van der Waals surface area (Å²) in [6.45, 7) is 2.47. The SMILES string of the molecule is CCNC(=O)C[C@H](C=C(Cl)Cl)c1cccc(Cl)c1. The summed E-state index contributed by atoms with van der Waals surface area (Å²) in [5, 5.41) is 3.36. The lowest BCUT2D eigenvalue weighted by atomic mass is 9.95. The lowest BCUT2D eigenvalue weighted by molar-refractivity contribution is -0.121. The fourth-order valence-electron chi connectivity index (χ4n) is 1.63. The summed E-state index contributed by atoms with van der Waals surface area (Å²) >= 11 is 17.3. The Balaban J connectivity index is 2.91. The molecule has 0 aliphatic carbocycles. The van der Waals surface area contributed by atoms with Crippen molar-refractivity contribution < 1.29 is 4.79 Å². The first-order chi connectivity index (χ1) is 8.52. The second-order valence-corrected chi connectivity index (χ2v) is 5.22. The Kier molecular flexibility index (Phi) is 6.55. The van der Waals surface area contributed by atoms with E-state index in [0.717, 1.165) is 5.56 Å². The van der Waals surface area contributed by atoms with Crippen LogP contribution < -0.4 is 5.32 Å². The second kappa shape index (κ2) is 7.67. The molecule has 0 unspecified atom stereocenters. The molecular weight excluding hydrogens is 293 g/mol. The first kappa shape index (κ1) is 15.4. The smallest absolute Gasteiger partial charge is 0.220 e. The molecule has 5 heteroatoms. The second-order valence-electron chi connectivity index (χ2n) is 3.78. The van der Waals surface area contributed by atoms with Gasteiger partial charge in [-0.25, -0.2) is 0 Å². The zero-order valence-electron chi connectivity index (χ0n) is 9.92. The molecule has 0 saturated heterocycles. The van der Waals surface area contributed by atoms with Gasteiger partial charge in [0.05, 0.1) is 0 Å². The minimum Gasteiger partial charge on any atom is -0.356 e. The molecule has 0 bridgehead atoms. The quantitative estimate of drug-likeness (QED) is 0.865.